The zero-order chi connectivity index (χ0) is 32.6. The first-order valence-corrected chi connectivity index (χ1v) is 15.7. The average Bonchev–Trinajstić information content (AvgIpc) is 3.04. The van der Waals surface area contributed by atoms with Gasteiger partial charge in [-0.3, -0.25) is 15.0 Å². The highest BCUT2D eigenvalue weighted by atomic mass is 35.5. The Bertz CT molecular complexity index is 1590. The molecule has 5 rings (SSSR count). The van der Waals surface area contributed by atoms with Crippen molar-refractivity contribution in [2.24, 2.45) is 5.73 Å². The molecule has 3 aromatic rings. The number of allylic oxidation sites excluding steroid dienone is 1. The van der Waals surface area contributed by atoms with Crippen molar-refractivity contribution in [2.75, 3.05) is 19.7 Å². The number of nitro benzene ring substituents is 1. The summed E-state index contributed by atoms with van der Waals surface area (Å²) >= 11 is 0. The van der Waals surface area contributed by atoms with Crippen LogP contribution < -0.4 is 11.1 Å². The minimum Gasteiger partial charge on any atom is -0.462 e. The summed E-state index contributed by atoms with van der Waals surface area (Å²) in [6.45, 7) is 4.97. The molecule has 0 amide bonds. The first kappa shape index (κ1) is 38.1. The number of nitrogens with two attached hydrogens (primary N) is 1. The molecule has 0 spiro atoms. The molecular weight excluding hydrogens is 655 g/mol. The number of likely N-dealkylation sites (tertiary alicyclic amines) is 1. The van der Waals surface area contributed by atoms with Crippen LogP contribution in [0.5, 0.6) is 0 Å². The van der Waals surface area contributed by atoms with Crippen molar-refractivity contribution in [1.29, 1.82) is 0 Å². The fourth-order valence-electron chi connectivity index (χ4n) is 6.13. The molecule has 0 bridgehead atoms. The largest absolute Gasteiger partial charge is 0.462 e. The highest BCUT2D eigenvalue weighted by molar-refractivity contribution is 6.00. The molecule has 1 atom stereocenters. The SMILES string of the molecule is CCCCCCOC(=O)C1=C(C)NC(N)=C(C(=O)OC2CN(C(c3ccccc3)c3ccccc3)C2)C1c1cccc([N+](=O)[O-])c1.Cl.Cl. The number of halogens is 2. The van der Waals surface area contributed by atoms with Gasteiger partial charge in [0, 0.05) is 30.9 Å². The quantitative estimate of drug-likeness (QED) is 0.0864. The van der Waals surface area contributed by atoms with Gasteiger partial charge in [-0.1, -0.05) is 99.0 Å². The minimum atomic E-state index is -1.02. The van der Waals surface area contributed by atoms with Crippen LogP contribution in [-0.2, 0) is 19.1 Å². The standard InChI is InChI=1S/C36H40N4O6.2ClH/c1-3-4-5-12-20-45-35(41)30-24(2)38-34(37)32(31(30)27-18-13-19-28(21-27)40(43)44)36(42)46-29-22-39(23-29)33(25-14-8-6-9-15-25)26-16-10-7-11-17-26;;/h6-11,13-19,21,29,31,33,38H,3-5,12,20,22-23,37H2,1-2H3;2*1H. The zero-order valence-corrected chi connectivity index (χ0v) is 28.6. The lowest BCUT2D eigenvalue weighted by Gasteiger charge is -2.44. The van der Waals surface area contributed by atoms with Crippen molar-refractivity contribution in [3.8, 4) is 0 Å². The number of unbranched alkanes of at least 4 members (excludes halogenated alkanes) is 3. The molecule has 1 saturated heterocycles. The van der Waals surface area contributed by atoms with Crippen LogP contribution in [0.4, 0.5) is 5.69 Å². The van der Waals surface area contributed by atoms with E-state index in [0.717, 1.165) is 30.4 Å². The van der Waals surface area contributed by atoms with E-state index in [4.69, 9.17) is 15.2 Å². The normalized spacial score (nSPS) is 16.3. The number of dihydropyridines is 1. The van der Waals surface area contributed by atoms with Gasteiger partial charge in [0.25, 0.3) is 5.69 Å². The van der Waals surface area contributed by atoms with E-state index in [1.54, 1.807) is 13.0 Å². The van der Waals surface area contributed by atoms with Gasteiger partial charge in [-0.25, -0.2) is 9.59 Å². The molecule has 3 N–H and O–H groups in total. The Hall–Kier alpha value is -4.38. The van der Waals surface area contributed by atoms with Crippen LogP contribution in [0, 0.1) is 10.1 Å². The van der Waals surface area contributed by atoms with Crippen LogP contribution in [0.3, 0.4) is 0 Å². The number of carbonyl (C=O) groups excluding carboxylic acids is 2. The molecule has 2 aliphatic heterocycles. The monoisotopic (exact) mass is 696 g/mol. The summed E-state index contributed by atoms with van der Waals surface area (Å²) in [4.78, 5) is 40.8. The van der Waals surface area contributed by atoms with Crippen molar-refractivity contribution in [2.45, 2.75) is 57.6 Å². The second kappa shape index (κ2) is 17.7. The van der Waals surface area contributed by atoms with E-state index in [1.165, 1.54) is 18.2 Å². The summed E-state index contributed by atoms with van der Waals surface area (Å²) in [5.41, 5.74) is 9.47. The number of hydrogen-bond donors (Lipinski definition) is 2. The Kier molecular flexibility index (Phi) is 14.0. The van der Waals surface area contributed by atoms with Gasteiger partial charge in [-0.2, -0.15) is 0 Å². The molecule has 0 saturated carbocycles. The predicted octanol–water partition coefficient (Wildman–Crippen LogP) is 6.71. The third-order valence-electron chi connectivity index (χ3n) is 8.42. The van der Waals surface area contributed by atoms with Gasteiger partial charge in [0.05, 0.1) is 34.6 Å². The van der Waals surface area contributed by atoms with Crippen LogP contribution in [0.1, 0.15) is 68.2 Å². The number of nitrogens with one attached hydrogen (secondary N) is 1. The lowest BCUT2D eigenvalue weighted by molar-refractivity contribution is -0.384. The van der Waals surface area contributed by atoms with Gasteiger partial charge in [0.1, 0.15) is 11.9 Å². The molecule has 256 valence electrons. The molecule has 1 unspecified atom stereocenters. The fraction of sp³-hybridized carbons (Fsp3) is 0.333. The average molecular weight is 698 g/mol. The van der Waals surface area contributed by atoms with Crippen LogP contribution in [-0.4, -0.2) is 47.6 Å². The summed E-state index contributed by atoms with van der Waals surface area (Å²) in [6.07, 6.45) is 3.28. The molecule has 3 aromatic carbocycles. The van der Waals surface area contributed by atoms with Gasteiger partial charge in [0.15, 0.2) is 0 Å². The maximum Gasteiger partial charge on any atom is 0.339 e. The van der Waals surface area contributed by atoms with E-state index >= 15 is 0 Å². The molecule has 2 heterocycles. The lowest BCUT2D eigenvalue weighted by Crippen LogP contribution is -2.54. The number of nitrogens with zero attached hydrogens (tertiary/aromatic N) is 2. The molecule has 0 radical (unpaired) electrons. The van der Waals surface area contributed by atoms with Crippen molar-refractivity contribution in [3.05, 3.63) is 134 Å². The summed E-state index contributed by atoms with van der Waals surface area (Å²) < 4.78 is 11.6. The molecule has 12 heteroatoms. The molecule has 1 fully saturated rings. The van der Waals surface area contributed by atoms with E-state index < -0.39 is 28.9 Å². The molecule has 10 nitrogen and oxygen atoms in total. The second-order valence-corrected chi connectivity index (χ2v) is 11.7. The summed E-state index contributed by atoms with van der Waals surface area (Å²) in [6, 6.07) is 26.2. The second-order valence-electron chi connectivity index (χ2n) is 11.7. The number of non-ortho nitro benzene ring substituents is 1. The number of hydrogen-bond acceptors (Lipinski definition) is 9. The van der Waals surface area contributed by atoms with Gasteiger partial charge < -0.3 is 20.5 Å². The Morgan fingerprint density at radius 3 is 2.12 bits per heavy atom. The van der Waals surface area contributed by atoms with Crippen LogP contribution in [0.15, 0.2) is 108 Å². The smallest absolute Gasteiger partial charge is 0.339 e. The lowest BCUT2D eigenvalue weighted by atomic mass is 9.81. The molecule has 0 aliphatic carbocycles. The van der Waals surface area contributed by atoms with E-state index in [9.17, 15) is 19.7 Å². The van der Waals surface area contributed by atoms with E-state index in [-0.39, 0.29) is 60.1 Å². The van der Waals surface area contributed by atoms with Crippen molar-refractivity contribution in [1.82, 2.24) is 10.2 Å². The van der Waals surface area contributed by atoms with Crippen molar-refractivity contribution >= 4 is 42.4 Å². The number of ether oxygens (including phenoxy) is 2. The number of esters is 2. The Labute approximate surface area is 293 Å². The third kappa shape index (κ3) is 8.74. The van der Waals surface area contributed by atoms with Gasteiger partial charge in [0.2, 0.25) is 0 Å². The van der Waals surface area contributed by atoms with E-state index in [1.807, 2.05) is 36.4 Å². The Morgan fingerprint density at radius 2 is 1.54 bits per heavy atom. The zero-order valence-electron chi connectivity index (χ0n) is 27.0. The summed E-state index contributed by atoms with van der Waals surface area (Å²) in [7, 11) is 0. The van der Waals surface area contributed by atoms with E-state index in [0.29, 0.717) is 30.8 Å². The number of benzene rings is 3. The predicted molar refractivity (Wildman–Crippen MR) is 189 cm³/mol. The van der Waals surface area contributed by atoms with Crippen LogP contribution in [0.25, 0.3) is 0 Å². The first-order chi connectivity index (χ1) is 22.3. The molecular formula is C36H42Cl2N4O6. The highest BCUT2D eigenvalue weighted by Crippen LogP contribution is 2.40. The topological polar surface area (TPSA) is 137 Å². The number of nitro groups is 1. The third-order valence-corrected chi connectivity index (χ3v) is 8.42. The first-order valence-electron chi connectivity index (χ1n) is 15.7. The molecule has 2 aliphatic rings. The van der Waals surface area contributed by atoms with E-state index in [2.05, 4.69) is 41.4 Å². The summed E-state index contributed by atoms with van der Waals surface area (Å²) in [5.74, 6) is -2.29. The number of carbonyl (C=O) groups is 2. The van der Waals surface area contributed by atoms with Crippen molar-refractivity contribution < 1.29 is 24.0 Å². The Balaban J connectivity index is 0.00000312. The maximum atomic E-state index is 13.9. The van der Waals surface area contributed by atoms with Crippen LogP contribution >= 0.6 is 24.8 Å². The van der Waals surface area contributed by atoms with Gasteiger partial charge in [-0.05, 0) is 30.0 Å². The summed E-state index contributed by atoms with van der Waals surface area (Å²) in [5, 5.41) is 14.6. The number of rotatable bonds is 13. The maximum absolute atomic E-state index is 13.9. The fourth-order valence-corrected chi connectivity index (χ4v) is 6.13. The minimum absolute atomic E-state index is 0. The van der Waals surface area contributed by atoms with Gasteiger partial charge in [-0.15, -0.1) is 24.8 Å². The van der Waals surface area contributed by atoms with Crippen LogP contribution in [0.2, 0.25) is 0 Å². The molecule has 0 aromatic heterocycles. The van der Waals surface area contributed by atoms with Crippen molar-refractivity contribution in [3.63, 3.8) is 0 Å². The van der Waals surface area contributed by atoms with Gasteiger partial charge >= 0.3 is 11.9 Å². The Morgan fingerprint density at radius 1 is 0.917 bits per heavy atom. The molecule has 48 heavy (non-hydrogen) atoms. The highest BCUT2D eigenvalue weighted by Gasteiger charge is 2.42.